The maximum Gasteiger partial charge on any atom is 0.255 e. The number of nitrogens with zero attached hydrogens (tertiary/aromatic N) is 5. The van der Waals surface area contributed by atoms with E-state index in [2.05, 4.69) is 46.4 Å². The van der Waals surface area contributed by atoms with Gasteiger partial charge in [-0.1, -0.05) is 30.7 Å². The first-order valence-corrected chi connectivity index (χ1v) is 23.1. The summed E-state index contributed by atoms with van der Waals surface area (Å²) < 4.78 is 23.0. The van der Waals surface area contributed by atoms with Crippen LogP contribution < -0.4 is 26.0 Å². The number of benzene rings is 3. The van der Waals surface area contributed by atoms with Gasteiger partial charge < -0.3 is 39.8 Å². The van der Waals surface area contributed by atoms with E-state index in [1.54, 1.807) is 42.6 Å². The van der Waals surface area contributed by atoms with E-state index in [-0.39, 0.29) is 55.5 Å². The van der Waals surface area contributed by atoms with Crippen molar-refractivity contribution in [1.29, 1.82) is 0 Å². The smallest absolute Gasteiger partial charge is 0.255 e. The number of nitrogens with one attached hydrogen (secondary N) is 5. The van der Waals surface area contributed by atoms with Crippen LogP contribution in [0, 0.1) is 0 Å². The number of aromatic amines is 1. The molecule has 7 rings (SSSR count). The number of unbranched alkanes of at least 4 members (excludes halogenated alkanes) is 3. The Bertz CT molecular complexity index is 2490. The molecule has 358 valence electrons. The Morgan fingerprint density at radius 2 is 1.62 bits per heavy atom. The molecular formula is C49H58N10O9. The number of H-pyrrole nitrogens is 1. The summed E-state index contributed by atoms with van der Waals surface area (Å²) in [6.07, 6.45) is 8.20. The molecule has 1 saturated heterocycles. The molecule has 68 heavy (non-hydrogen) atoms. The van der Waals surface area contributed by atoms with Gasteiger partial charge in [-0.05, 0) is 93.1 Å². The number of hydrogen-bond donors (Lipinski definition) is 5. The number of amides is 5. The monoisotopic (exact) mass is 930 g/mol. The zero-order valence-electron chi connectivity index (χ0n) is 38.2. The number of imide groups is 1. The Hall–Kier alpha value is -7.09. The van der Waals surface area contributed by atoms with E-state index in [9.17, 15) is 24.0 Å². The Morgan fingerprint density at radius 3 is 2.41 bits per heavy atom. The standard InChI is InChI=1S/C49H58N10O9/c1-33(53-47(62)35-11-6-12-36(28-35)51-30-43-55-46(58-57-43)41-19-20-50-32-52-41)34-10-7-13-37(29-34)68-23-5-3-2-4-21-65-24-26-67-27-25-66-22-9-16-44(60)54-40-15-8-14-38-39(40)31-59(49(38)64)42-17-18-45(61)56-48(42)63/h6-8,10-15,19-20,28-29,32-33,42,51H,2-5,9,16-18,21-27,30-31H2,1H3,(H,53,62)(H,54,60)(H,55,57,58)(H,56,61,63)/t33-,42?/m0/s1. The van der Waals surface area contributed by atoms with Crippen molar-refractivity contribution in [3.63, 3.8) is 0 Å². The van der Waals surface area contributed by atoms with Crippen LogP contribution in [0.5, 0.6) is 5.75 Å². The Kier molecular flexibility index (Phi) is 18.1. The Morgan fingerprint density at radius 1 is 0.853 bits per heavy atom. The summed E-state index contributed by atoms with van der Waals surface area (Å²) in [6.45, 7) is 5.97. The van der Waals surface area contributed by atoms with Gasteiger partial charge in [-0.15, -0.1) is 0 Å². The first-order valence-electron chi connectivity index (χ1n) is 23.1. The Labute approximate surface area is 394 Å². The third kappa shape index (κ3) is 14.2. The molecule has 0 saturated carbocycles. The number of rotatable bonds is 27. The van der Waals surface area contributed by atoms with Gasteiger partial charge in [-0.25, -0.2) is 15.0 Å². The second-order valence-corrected chi connectivity index (χ2v) is 16.4. The van der Waals surface area contributed by atoms with E-state index in [1.807, 2.05) is 43.3 Å². The largest absolute Gasteiger partial charge is 0.494 e. The molecule has 0 bridgehead atoms. The van der Waals surface area contributed by atoms with E-state index in [0.29, 0.717) is 98.9 Å². The van der Waals surface area contributed by atoms with Gasteiger partial charge in [0.1, 0.15) is 29.6 Å². The number of anilines is 2. The molecule has 5 aromatic rings. The van der Waals surface area contributed by atoms with Crippen LogP contribution in [0.1, 0.15) is 102 Å². The van der Waals surface area contributed by atoms with Crippen LogP contribution in [0.3, 0.4) is 0 Å². The quantitative estimate of drug-likeness (QED) is 0.0321. The highest BCUT2D eigenvalue weighted by molar-refractivity contribution is 6.06. The Balaban J connectivity index is 0.670. The lowest BCUT2D eigenvalue weighted by molar-refractivity contribution is -0.137. The maximum absolute atomic E-state index is 13.2. The molecule has 19 nitrogen and oxygen atoms in total. The van der Waals surface area contributed by atoms with Gasteiger partial charge in [0.25, 0.3) is 11.8 Å². The third-order valence-corrected chi connectivity index (χ3v) is 11.4. The molecule has 2 aliphatic heterocycles. The van der Waals surface area contributed by atoms with Gasteiger partial charge in [0, 0.05) is 66.9 Å². The van der Waals surface area contributed by atoms with Crippen LogP contribution in [0.2, 0.25) is 0 Å². The number of fused-ring (bicyclic) bond motifs is 1. The van der Waals surface area contributed by atoms with Gasteiger partial charge in [0.15, 0.2) is 5.82 Å². The van der Waals surface area contributed by atoms with E-state index in [0.717, 1.165) is 42.7 Å². The summed E-state index contributed by atoms with van der Waals surface area (Å²) in [5.41, 5.74) is 4.52. The molecule has 3 aromatic carbocycles. The molecule has 19 heteroatoms. The molecule has 4 heterocycles. The molecule has 5 amide bonds. The first-order chi connectivity index (χ1) is 33.2. The number of carbonyl (C=O) groups excluding carboxylic acids is 5. The average Bonchev–Trinajstić information content (AvgIpc) is 3.97. The lowest BCUT2D eigenvalue weighted by Crippen LogP contribution is -2.52. The van der Waals surface area contributed by atoms with Crippen LogP contribution >= 0.6 is 0 Å². The maximum atomic E-state index is 13.2. The molecular weight excluding hydrogens is 873 g/mol. The lowest BCUT2D eigenvalue weighted by Gasteiger charge is -2.29. The summed E-state index contributed by atoms with van der Waals surface area (Å²) in [5, 5.41) is 18.7. The van der Waals surface area contributed by atoms with Gasteiger partial charge in [-0.2, -0.15) is 5.10 Å². The van der Waals surface area contributed by atoms with Crippen LogP contribution in [0.25, 0.3) is 11.5 Å². The minimum Gasteiger partial charge on any atom is -0.494 e. The third-order valence-electron chi connectivity index (χ3n) is 11.4. The predicted octanol–water partition coefficient (Wildman–Crippen LogP) is 5.53. The molecule has 2 aromatic heterocycles. The van der Waals surface area contributed by atoms with E-state index in [4.69, 9.17) is 18.9 Å². The fourth-order valence-electron chi connectivity index (χ4n) is 7.75. The normalized spacial score (nSPS) is 14.9. The minimum absolute atomic E-state index is 0.177. The first kappa shape index (κ1) is 48.8. The molecule has 1 fully saturated rings. The van der Waals surface area contributed by atoms with Gasteiger partial charge in [0.05, 0.1) is 45.6 Å². The van der Waals surface area contributed by atoms with Gasteiger partial charge >= 0.3 is 0 Å². The summed E-state index contributed by atoms with van der Waals surface area (Å²) in [7, 11) is 0. The highest BCUT2D eigenvalue weighted by atomic mass is 16.5. The van der Waals surface area contributed by atoms with E-state index < -0.39 is 11.9 Å². The number of piperidine rings is 1. The lowest BCUT2D eigenvalue weighted by atomic mass is 10.0. The molecule has 2 aliphatic rings. The van der Waals surface area contributed by atoms with Crippen LogP contribution in [0.15, 0.2) is 85.3 Å². The SMILES string of the molecule is C[C@H](NC(=O)c1cccc(NCc2nc(-c3ccncn3)n[nH]2)c1)c1cccc(OCCCCCCOCCOCCOCCCC(=O)Nc2cccc3c2CN(C2CCC(=O)NC2=O)C3=O)c1. The molecule has 0 radical (unpaired) electrons. The van der Waals surface area contributed by atoms with Crippen molar-refractivity contribution < 1.29 is 42.9 Å². The summed E-state index contributed by atoms with van der Waals surface area (Å²) in [6, 6.07) is 21.0. The average molecular weight is 931 g/mol. The van der Waals surface area contributed by atoms with Crippen molar-refractivity contribution in [2.45, 2.75) is 83.5 Å². The molecule has 5 N–H and O–H groups in total. The second-order valence-electron chi connectivity index (χ2n) is 16.4. The van der Waals surface area contributed by atoms with Crippen LogP contribution in [-0.2, 0) is 41.7 Å². The highest BCUT2D eigenvalue weighted by Gasteiger charge is 2.40. The summed E-state index contributed by atoms with van der Waals surface area (Å²) >= 11 is 0. The molecule has 0 aliphatic carbocycles. The number of aromatic nitrogens is 5. The summed E-state index contributed by atoms with van der Waals surface area (Å²) in [4.78, 5) is 76.9. The molecule has 2 atom stereocenters. The number of carbonyl (C=O) groups is 5. The van der Waals surface area contributed by atoms with Crippen molar-refractivity contribution in [3.05, 3.63) is 113 Å². The highest BCUT2D eigenvalue weighted by Crippen LogP contribution is 2.32. The fourth-order valence-corrected chi connectivity index (χ4v) is 7.75. The number of hydrogen-bond acceptors (Lipinski definition) is 14. The van der Waals surface area contributed by atoms with E-state index >= 15 is 0 Å². The van der Waals surface area contributed by atoms with Crippen molar-refractivity contribution in [2.24, 2.45) is 0 Å². The van der Waals surface area contributed by atoms with Crippen molar-refractivity contribution >= 4 is 40.9 Å². The number of ether oxygens (including phenoxy) is 4. The summed E-state index contributed by atoms with van der Waals surface area (Å²) in [5.74, 6) is 0.390. The topological polar surface area (TPSA) is 241 Å². The van der Waals surface area contributed by atoms with Crippen molar-refractivity contribution in [2.75, 3.05) is 56.9 Å². The minimum atomic E-state index is -0.717. The zero-order valence-corrected chi connectivity index (χ0v) is 38.2. The van der Waals surface area contributed by atoms with Crippen molar-refractivity contribution in [1.82, 2.24) is 40.7 Å². The van der Waals surface area contributed by atoms with Gasteiger partial charge in [-0.3, -0.25) is 34.4 Å². The second kappa shape index (κ2) is 25.2. The van der Waals surface area contributed by atoms with Crippen molar-refractivity contribution in [3.8, 4) is 17.3 Å². The fraction of sp³-hybridized carbons (Fsp3) is 0.408. The zero-order chi connectivity index (χ0) is 47.5. The van der Waals surface area contributed by atoms with Crippen LogP contribution in [0.4, 0.5) is 11.4 Å². The van der Waals surface area contributed by atoms with Crippen LogP contribution in [-0.4, -0.2) is 112 Å². The molecule has 0 spiro atoms. The molecule has 1 unspecified atom stereocenters. The van der Waals surface area contributed by atoms with Gasteiger partial charge in [0.2, 0.25) is 17.7 Å². The van der Waals surface area contributed by atoms with E-state index in [1.165, 1.54) is 11.2 Å². The predicted molar refractivity (Wildman–Crippen MR) is 250 cm³/mol.